The second kappa shape index (κ2) is 8.32. The van der Waals surface area contributed by atoms with E-state index in [2.05, 4.69) is 24.4 Å². The molecule has 0 aliphatic heterocycles. The Morgan fingerprint density at radius 1 is 0.905 bits per heavy atom. The van der Waals surface area contributed by atoms with Crippen LogP contribution in [0.5, 0.6) is 11.5 Å². The minimum absolute atomic E-state index is 0.158. The van der Waals surface area contributed by atoms with Crippen molar-refractivity contribution in [2.24, 2.45) is 0 Å². The Labute approximate surface area is 126 Å². The highest BCUT2D eigenvalue weighted by Crippen LogP contribution is 2.19. The number of para-hydroxylation sites is 1. The van der Waals surface area contributed by atoms with Crippen molar-refractivity contribution in [1.29, 1.82) is 0 Å². The van der Waals surface area contributed by atoms with E-state index in [1.54, 1.807) is 0 Å². The van der Waals surface area contributed by atoms with Gasteiger partial charge in [0, 0.05) is 0 Å². The smallest absolute Gasteiger partial charge is 0.119 e. The predicted molar refractivity (Wildman–Crippen MR) is 86.0 cm³/mol. The van der Waals surface area contributed by atoms with E-state index in [4.69, 9.17) is 9.47 Å². The number of nitrogens with one attached hydrogen (secondary N) is 1. The highest BCUT2D eigenvalue weighted by Gasteiger charge is 2.10. The maximum atomic E-state index is 5.81. The Morgan fingerprint density at radius 3 is 2.19 bits per heavy atom. The van der Waals surface area contributed by atoms with E-state index in [-0.39, 0.29) is 6.04 Å². The quantitative estimate of drug-likeness (QED) is 0.800. The van der Waals surface area contributed by atoms with Gasteiger partial charge >= 0.3 is 0 Å². The van der Waals surface area contributed by atoms with Gasteiger partial charge in [-0.25, -0.2) is 0 Å². The summed E-state index contributed by atoms with van der Waals surface area (Å²) in [6, 6.07) is 18.2. The minimum Gasteiger partial charge on any atom is -0.494 e. The van der Waals surface area contributed by atoms with Gasteiger partial charge < -0.3 is 14.8 Å². The van der Waals surface area contributed by atoms with Gasteiger partial charge in [-0.05, 0) is 43.3 Å². The Bertz CT molecular complexity index is 511. The summed E-state index contributed by atoms with van der Waals surface area (Å²) in [4.78, 5) is 0. The van der Waals surface area contributed by atoms with Crippen LogP contribution in [-0.2, 0) is 0 Å². The summed E-state index contributed by atoms with van der Waals surface area (Å²) in [5, 5.41) is 3.29. The maximum absolute atomic E-state index is 5.81. The predicted octanol–water partition coefficient (Wildman–Crippen LogP) is 3.81. The van der Waals surface area contributed by atoms with Crippen LogP contribution in [0.4, 0.5) is 0 Å². The molecule has 0 saturated heterocycles. The zero-order valence-electron chi connectivity index (χ0n) is 12.7. The SMILES string of the molecule is CCCOc1ccc(C(COc2ccccc2)NC)cc1. The van der Waals surface area contributed by atoms with E-state index < -0.39 is 0 Å². The van der Waals surface area contributed by atoms with Gasteiger partial charge in [0.2, 0.25) is 0 Å². The number of ether oxygens (including phenoxy) is 2. The average Bonchev–Trinajstić information content (AvgIpc) is 2.55. The third-order valence-corrected chi connectivity index (χ3v) is 3.26. The molecule has 3 nitrogen and oxygen atoms in total. The molecule has 0 spiro atoms. The fourth-order valence-electron chi connectivity index (χ4n) is 2.06. The summed E-state index contributed by atoms with van der Waals surface area (Å²) in [6.07, 6.45) is 1.02. The van der Waals surface area contributed by atoms with Crippen LogP contribution in [0, 0.1) is 0 Å². The molecule has 0 bridgehead atoms. The summed E-state index contributed by atoms with van der Waals surface area (Å²) in [5.41, 5.74) is 1.19. The van der Waals surface area contributed by atoms with Crippen molar-refractivity contribution in [1.82, 2.24) is 5.32 Å². The van der Waals surface area contributed by atoms with Gasteiger partial charge in [-0.1, -0.05) is 37.3 Å². The first-order valence-electron chi connectivity index (χ1n) is 7.41. The molecule has 112 valence electrons. The lowest BCUT2D eigenvalue weighted by molar-refractivity contribution is 0.273. The fraction of sp³-hybridized carbons (Fsp3) is 0.333. The van der Waals surface area contributed by atoms with Gasteiger partial charge in [0.1, 0.15) is 18.1 Å². The number of benzene rings is 2. The molecule has 0 saturated carbocycles. The van der Waals surface area contributed by atoms with Crippen LogP contribution >= 0.6 is 0 Å². The molecule has 21 heavy (non-hydrogen) atoms. The first-order valence-corrected chi connectivity index (χ1v) is 7.41. The lowest BCUT2D eigenvalue weighted by Crippen LogP contribution is -2.23. The molecule has 0 aliphatic carbocycles. The normalized spacial score (nSPS) is 11.9. The zero-order chi connectivity index (χ0) is 14.9. The van der Waals surface area contributed by atoms with E-state index in [1.165, 1.54) is 5.56 Å². The zero-order valence-corrected chi connectivity index (χ0v) is 12.7. The third-order valence-electron chi connectivity index (χ3n) is 3.26. The van der Waals surface area contributed by atoms with Crippen LogP contribution < -0.4 is 14.8 Å². The highest BCUT2D eigenvalue weighted by molar-refractivity contribution is 5.29. The molecular formula is C18H23NO2. The first kappa shape index (κ1) is 15.4. The van der Waals surface area contributed by atoms with Crippen LogP contribution in [0.3, 0.4) is 0 Å². The van der Waals surface area contributed by atoms with E-state index in [0.717, 1.165) is 24.5 Å². The topological polar surface area (TPSA) is 30.5 Å². The molecule has 1 atom stereocenters. The van der Waals surface area contributed by atoms with Crippen molar-refractivity contribution < 1.29 is 9.47 Å². The van der Waals surface area contributed by atoms with Crippen molar-refractivity contribution in [3.8, 4) is 11.5 Å². The summed E-state index contributed by atoms with van der Waals surface area (Å²) < 4.78 is 11.4. The average molecular weight is 285 g/mol. The summed E-state index contributed by atoms with van der Waals surface area (Å²) in [7, 11) is 1.94. The number of hydrogen-bond donors (Lipinski definition) is 1. The summed E-state index contributed by atoms with van der Waals surface area (Å²) in [6.45, 7) is 3.45. The van der Waals surface area contributed by atoms with E-state index in [0.29, 0.717) is 6.61 Å². The van der Waals surface area contributed by atoms with Crippen LogP contribution in [-0.4, -0.2) is 20.3 Å². The Hall–Kier alpha value is -2.00. The summed E-state index contributed by atoms with van der Waals surface area (Å²) in [5.74, 6) is 1.81. The van der Waals surface area contributed by atoms with Crippen LogP contribution in [0.15, 0.2) is 54.6 Å². The Kier molecular flexibility index (Phi) is 6.10. The largest absolute Gasteiger partial charge is 0.494 e. The molecule has 2 rings (SSSR count). The van der Waals surface area contributed by atoms with Gasteiger partial charge in [-0.2, -0.15) is 0 Å². The molecular weight excluding hydrogens is 262 g/mol. The highest BCUT2D eigenvalue weighted by atomic mass is 16.5. The van der Waals surface area contributed by atoms with Gasteiger partial charge in [-0.15, -0.1) is 0 Å². The second-order valence-corrected chi connectivity index (χ2v) is 4.88. The Balaban J connectivity index is 1.94. The van der Waals surface area contributed by atoms with Crippen molar-refractivity contribution in [3.63, 3.8) is 0 Å². The van der Waals surface area contributed by atoms with Gasteiger partial charge in [0.05, 0.1) is 12.6 Å². The van der Waals surface area contributed by atoms with E-state index >= 15 is 0 Å². The van der Waals surface area contributed by atoms with E-state index in [9.17, 15) is 0 Å². The molecule has 2 aromatic rings. The van der Waals surface area contributed by atoms with Gasteiger partial charge in [0.25, 0.3) is 0 Å². The van der Waals surface area contributed by atoms with Gasteiger partial charge in [-0.3, -0.25) is 0 Å². The molecule has 2 aromatic carbocycles. The third kappa shape index (κ3) is 4.80. The monoisotopic (exact) mass is 285 g/mol. The van der Waals surface area contributed by atoms with Gasteiger partial charge in [0.15, 0.2) is 0 Å². The standard InChI is InChI=1S/C18H23NO2/c1-3-13-20-17-11-9-15(10-12-17)18(19-2)14-21-16-7-5-4-6-8-16/h4-12,18-19H,3,13-14H2,1-2H3. The molecule has 0 amide bonds. The first-order chi connectivity index (χ1) is 10.3. The van der Waals surface area contributed by atoms with Crippen molar-refractivity contribution in [2.45, 2.75) is 19.4 Å². The maximum Gasteiger partial charge on any atom is 0.119 e. The molecule has 0 fully saturated rings. The number of likely N-dealkylation sites (N-methyl/N-ethyl adjacent to an activating group) is 1. The Morgan fingerprint density at radius 2 is 1.57 bits per heavy atom. The second-order valence-electron chi connectivity index (χ2n) is 4.88. The fourth-order valence-corrected chi connectivity index (χ4v) is 2.06. The molecule has 1 unspecified atom stereocenters. The van der Waals surface area contributed by atoms with Crippen LogP contribution in [0.2, 0.25) is 0 Å². The van der Waals surface area contributed by atoms with Crippen LogP contribution in [0.1, 0.15) is 24.9 Å². The molecule has 0 heterocycles. The molecule has 1 N–H and O–H groups in total. The van der Waals surface area contributed by atoms with Crippen molar-refractivity contribution in [2.75, 3.05) is 20.3 Å². The summed E-state index contributed by atoms with van der Waals surface area (Å²) >= 11 is 0. The van der Waals surface area contributed by atoms with E-state index in [1.807, 2.05) is 49.5 Å². The molecule has 0 radical (unpaired) electrons. The minimum atomic E-state index is 0.158. The lowest BCUT2D eigenvalue weighted by Gasteiger charge is -2.18. The van der Waals surface area contributed by atoms with Crippen molar-refractivity contribution in [3.05, 3.63) is 60.2 Å². The number of hydrogen-bond acceptors (Lipinski definition) is 3. The molecule has 3 heteroatoms. The lowest BCUT2D eigenvalue weighted by atomic mass is 10.1. The van der Waals surface area contributed by atoms with Crippen LogP contribution in [0.25, 0.3) is 0 Å². The van der Waals surface area contributed by atoms with Crippen molar-refractivity contribution >= 4 is 0 Å². The number of rotatable bonds is 8. The molecule has 0 aliphatic rings. The molecule has 0 aromatic heterocycles.